The molecule has 0 amide bonds. The molecule has 1 heterocycles. The van der Waals surface area contributed by atoms with E-state index in [0.717, 1.165) is 12.0 Å². The van der Waals surface area contributed by atoms with Crippen LogP contribution in [0.2, 0.25) is 0 Å². The molecule has 0 bridgehead atoms. The van der Waals surface area contributed by atoms with Crippen molar-refractivity contribution in [3.63, 3.8) is 0 Å². The highest BCUT2D eigenvalue weighted by atomic mass is 16.7. The van der Waals surface area contributed by atoms with Crippen molar-refractivity contribution >= 4 is 5.94 Å². The number of carbonyl (C=O) groups excluding carboxylic acids is 1. The van der Waals surface area contributed by atoms with Crippen LogP contribution in [0.4, 0.5) is 0 Å². The molecule has 1 atom stereocenters. The van der Waals surface area contributed by atoms with Crippen molar-refractivity contribution in [1.82, 2.24) is 5.06 Å². The van der Waals surface area contributed by atoms with Crippen LogP contribution in [0.25, 0.3) is 0 Å². The summed E-state index contributed by atoms with van der Waals surface area (Å²) in [6.45, 7) is 4.98. The van der Waals surface area contributed by atoms with Crippen LogP contribution in [0.5, 0.6) is 0 Å². The number of hydroxylamine groups is 2. The lowest BCUT2D eigenvalue weighted by molar-refractivity contribution is -0.166. The average molecular weight is 260 g/mol. The Morgan fingerprint density at radius 2 is 2.11 bits per heavy atom. The zero-order valence-electron chi connectivity index (χ0n) is 11.4. The van der Waals surface area contributed by atoms with Crippen LogP contribution in [0.15, 0.2) is 36.0 Å². The van der Waals surface area contributed by atoms with Crippen molar-refractivity contribution in [3.05, 3.63) is 41.6 Å². The van der Waals surface area contributed by atoms with Gasteiger partial charge in [-0.05, 0) is 12.0 Å². The van der Waals surface area contributed by atoms with Gasteiger partial charge >= 0.3 is 0 Å². The zero-order chi connectivity index (χ0) is 13.9. The van der Waals surface area contributed by atoms with Gasteiger partial charge in [0.25, 0.3) is 0 Å². The number of benzene rings is 1. The number of rotatable bonds is 3. The van der Waals surface area contributed by atoms with E-state index >= 15 is 0 Å². The van der Waals surface area contributed by atoms with E-state index in [-0.39, 0.29) is 6.04 Å². The molecule has 1 fully saturated rings. The van der Waals surface area contributed by atoms with Gasteiger partial charge in [0.05, 0.1) is 6.61 Å². The number of hydrogen-bond acceptors (Lipinski definition) is 4. The van der Waals surface area contributed by atoms with Gasteiger partial charge in [-0.3, -0.25) is 4.84 Å². The lowest BCUT2D eigenvalue weighted by Crippen LogP contribution is -2.50. The molecule has 1 aromatic carbocycles. The fourth-order valence-electron chi connectivity index (χ4n) is 2.26. The Kier molecular flexibility index (Phi) is 4.05. The summed E-state index contributed by atoms with van der Waals surface area (Å²) in [4.78, 5) is 16.9. The molecular weight excluding hydrogens is 240 g/mol. The van der Waals surface area contributed by atoms with Crippen molar-refractivity contribution in [2.24, 2.45) is 11.1 Å². The normalized spacial score (nSPS) is 22.2. The predicted molar refractivity (Wildman–Crippen MR) is 73.5 cm³/mol. The molecule has 2 rings (SSSR count). The first-order chi connectivity index (χ1) is 9.05. The van der Waals surface area contributed by atoms with E-state index in [4.69, 9.17) is 10.6 Å². The quantitative estimate of drug-likeness (QED) is 0.843. The average Bonchev–Trinajstić information content (AvgIpc) is 2.41. The molecule has 1 aliphatic rings. The molecule has 0 radical (unpaired) electrons. The second kappa shape index (κ2) is 5.57. The Labute approximate surface area is 113 Å². The molecule has 102 valence electrons. The molecule has 0 spiro atoms. The summed E-state index contributed by atoms with van der Waals surface area (Å²) < 4.78 is 0. The van der Waals surface area contributed by atoms with Crippen molar-refractivity contribution in [2.45, 2.75) is 32.9 Å². The maximum Gasteiger partial charge on any atom is 0.148 e. The monoisotopic (exact) mass is 260 g/mol. The van der Waals surface area contributed by atoms with Crippen molar-refractivity contribution in [1.29, 1.82) is 0 Å². The Bertz CT molecular complexity index is 478. The van der Waals surface area contributed by atoms with Crippen LogP contribution >= 0.6 is 0 Å². The minimum absolute atomic E-state index is 0.0412. The Morgan fingerprint density at radius 1 is 1.42 bits per heavy atom. The Hall–Kier alpha value is -1.61. The summed E-state index contributed by atoms with van der Waals surface area (Å²) in [6.07, 6.45) is 0.799. The minimum atomic E-state index is -0.406. The van der Waals surface area contributed by atoms with E-state index in [2.05, 4.69) is 0 Å². The highest BCUT2D eigenvalue weighted by Gasteiger charge is 2.40. The van der Waals surface area contributed by atoms with Crippen LogP contribution in [-0.2, 0) is 16.2 Å². The standard InChI is InChI=1S/C15H20N2O2/c1-15(2)13(16)8-9-17(14(15)10-18)19-11-12-6-4-3-5-7-12/h3-7,13H,8-9,11,16H2,1-2H3. The molecule has 0 aliphatic carbocycles. The van der Waals surface area contributed by atoms with E-state index in [1.54, 1.807) is 5.06 Å². The largest absolute Gasteiger partial charge is 0.327 e. The SMILES string of the molecule is CC1(C)C(=C=O)N(OCc2ccccc2)CCC1N. The smallest absolute Gasteiger partial charge is 0.148 e. The van der Waals surface area contributed by atoms with Gasteiger partial charge < -0.3 is 5.73 Å². The first-order valence-electron chi connectivity index (χ1n) is 6.51. The topological polar surface area (TPSA) is 55.6 Å². The lowest BCUT2D eigenvalue weighted by atomic mass is 9.77. The summed E-state index contributed by atoms with van der Waals surface area (Å²) in [5.41, 5.74) is 7.23. The van der Waals surface area contributed by atoms with Crippen molar-refractivity contribution < 1.29 is 9.63 Å². The molecular formula is C15H20N2O2. The number of nitrogens with two attached hydrogens (primary N) is 1. The van der Waals surface area contributed by atoms with E-state index in [1.165, 1.54) is 0 Å². The van der Waals surface area contributed by atoms with Gasteiger partial charge in [-0.1, -0.05) is 44.2 Å². The molecule has 4 nitrogen and oxygen atoms in total. The molecule has 1 unspecified atom stereocenters. The van der Waals surface area contributed by atoms with Gasteiger partial charge in [0.15, 0.2) is 0 Å². The van der Waals surface area contributed by atoms with Crippen molar-refractivity contribution in [3.8, 4) is 0 Å². The van der Waals surface area contributed by atoms with Gasteiger partial charge in [0.2, 0.25) is 0 Å². The first-order valence-corrected chi connectivity index (χ1v) is 6.51. The Balaban J connectivity index is 2.06. The van der Waals surface area contributed by atoms with E-state index < -0.39 is 5.41 Å². The number of piperidine rings is 1. The lowest BCUT2D eigenvalue weighted by Gasteiger charge is -2.42. The second-order valence-electron chi connectivity index (χ2n) is 5.43. The molecule has 1 aromatic rings. The van der Waals surface area contributed by atoms with Crippen LogP contribution in [0.1, 0.15) is 25.8 Å². The summed E-state index contributed by atoms with van der Waals surface area (Å²) in [5.74, 6) is 2.00. The predicted octanol–water partition coefficient (Wildman–Crippen LogP) is 1.89. The third kappa shape index (κ3) is 2.87. The summed E-state index contributed by atoms with van der Waals surface area (Å²) in [6, 6.07) is 9.83. The Morgan fingerprint density at radius 3 is 2.74 bits per heavy atom. The fraction of sp³-hybridized carbons (Fsp3) is 0.467. The summed E-state index contributed by atoms with van der Waals surface area (Å²) >= 11 is 0. The first kappa shape index (κ1) is 13.8. The fourth-order valence-corrected chi connectivity index (χ4v) is 2.26. The zero-order valence-corrected chi connectivity index (χ0v) is 11.4. The molecule has 19 heavy (non-hydrogen) atoms. The summed E-state index contributed by atoms with van der Waals surface area (Å²) in [5, 5.41) is 1.64. The van der Waals surface area contributed by atoms with E-state index in [1.807, 2.05) is 50.1 Å². The number of nitrogens with zero attached hydrogens (tertiary/aromatic N) is 1. The van der Waals surface area contributed by atoms with Crippen LogP contribution in [0, 0.1) is 5.41 Å². The number of hydrogen-bond donors (Lipinski definition) is 1. The van der Waals surface area contributed by atoms with Crippen LogP contribution in [0.3, 0.4) is 0 Å². The third-order valence-corrected chi connectivity index (χ3v) is 3.76. The second-order valence-corrected chi connectivity index (χ2v) is 5.43. The minimum Gasteiger partial charge on any atom is -0.327 e. The van der Waals surface area contributed by atoms with Gasteiger partial charge in [-0.2, -0.15) is 0 Å². The van der Waals surface area contributed by atoms with Crippen LogP contribution < -0.4 is 5.73 Å². The van der Waals surface area contributed by atoms with Crippen LogP contribution in [-0.4, -0.2) is 23.6 Å². The molecule has 4 heteroatoms. The van der Waals surface area contributed by atoms with E-state index in [0.29, 0.717) is 18.8 Å². The van der Waals surface area contributed by atoms with Crippen molar-refractivity contribution in [2.75, 3.05) is 6.54 Å². The van der Waals surface area contributed by atoms with Gasteiger partial charge in [0, 0.05) is 18.0 Å². The maximum absolute atomic E-state index is 11.2. The highest BCUT2D eigenvalue weighted by Crippen LogP contribution is 2.36. The molecule has 2 N–H and O–H groups in total. The maximum atomic E-state index is 11.2. The van der Waals surface area contributed by atoms with Gasteiger partial charge in [-0.25, -0.2) is 9.86 Å². The molecule has 1 saturated heterocycles. The van der Waals surface area contributed by atoms with Gasteiger partial charge in [-0.15, -0.1) is 0 Å². The summed E-state index contributed by atoms with van der Waals surface area (Å²) in [7, 11) is 0. The molecule has 1 aliphatic heterocycles. The molecule has 0 saturated carbocycles. The van der Waals surface area contributed by atoms with E-state index in [9.17, 15) is 4.79 Å². The van der Waals surface area contributed by atoms with Gasteiger partial charge in [0.1, 0.15) is 11.6 Å². The third-order valence-electron chi connectivity index (χ3n) is 3.76. The molecule has 0 aromatic heterocycles. The highest BCUT2D eigenvalue weighted by molar-refractivity contribution is 5.54.